The number of ether oxygens (including phenoxy) is 1. The summed E-state index contributed by atoms with van der Waals surface area (Å²) in [5.74, 6) is -0.254. The van der Waals surface area contributed by atoms with Crippen LogP contribution in [0.25, 0.3) is 5.78 Å². The molecule has 0 saturated carbocycles. The summed E-state index contributed by atoms with van der Waals surface area (Å²) in [6.07, 6.45) is 1.79. The number of amides is 1. The van der Waals surface area contributed by atoms with E-state index < -0.39 is 18.0 Å². The van der Waals surface area contributed by atoms with Crippen molar-refractivity contribution in [2.45, 2.75) is 33.3 Å². The Balaban J connectivity index is 1.65. The van der Waals surface area contributed by atoms with Gasteiger partial charge in [-0.1, -0.05) is 11.6 Å². The van der Waals surface area contributed by atoms with Crippen molar-refractivity contribution < 1.29 is 14.3 Å². The van der Waals surface area contributed by atoms with Gasteiger partial charge in [-0.15, -0.1) is 0 Å². The van der Waals surface area contributed by atoms with Gasteiger partial charge in [-0.2, -0.15) is 10.1 Å². The summed E-state index contributed by atoms with van der Waals surface area (Å²) < 4.78 is 6.79. The zero-order chi connectivity index (χ0) is 19.6. The molecule has 0 saturated heterocycles. The Kier molecular flexibility index (Phi) is 5.31. The second-order valence-electron chi connectivity index (χ2n) is 5.89. The predicted octanol–water partition coefficient (Wildman–Crippen LogP) is 1.90. The largest absolute Gasteiger partial charge is 0.452 e. The molecule has 140 valence electrons. The maximum Gasteiger partial charge on any atom is 0.311 e. The molecule has 3 rings (SSSR count). The van der Waals surface area contributed by atoms with Gasteiger partial charge < -0.3 is 10.1 Å². The summed E-state index contributed by atoms with van der Waals surface area (Å²) in [5, 5.41) is 7.10. The number of pyridine rings is 1. The summed E-state index contributed by atoms with van der Waals surface area (Å²) in [4.78, 5) is 36.8. The van der Waals surface area contributed by atoms with Gasteiger partial charge in [-0.3, -0.25) is 9.59 Å². The Bertz CT molecular complexity index is 1000. The van der Waals surface area contributed by atoms with Crippen molar-refractivity contribution in [2.75, 3.05) is 5.32 Å². The Morgan fingerprint density at radius 1 is 1.30 bits per heavy atom. The molecule has 0 aliphatic carbocycles. The summed E-state index contributed by atoms with van der Waals surface area (Å²) in [6, 6.07) is 3.15. The lowest BCUT2D eigenvalue weighted by atomic mass is 10.1. The quantitative estimate of drug-likeness (QED) is 0.664. The zero-order valence-corrected chi connectivity index (χ0v) is 15.7. The molecule has 10 heteroatoms. The van der Waals surface area contributed by atoms with Gasteiger partial charge in [-0.25, -0.2) is 14.5 Å². The summed E-state index contributed by atoms with van der Waals surface area (Å²) in [6.45, 7) is 5.09. The van der Waals surface area contributed by atoms with E-state index in [4.69, 9.17) is 16.3 Å². The maximum absolute atomic E-state index is 12.3. The van der Waals surface area contributed by atoms with E-state index in [-0.39, 0.29) is 6.42 Å². The third kappa shape index (κ3) is 4.20. The van der Waals surface area contributed by atoms with Crippen LogP contribution in [0, 0.1) is 13.8 Å². The molecule has 1 amide bonds. The summed E-state index contributed by atoms with van der Waals surface area (Å²) >= 11 is 5.75. The average Bonchev–Trinajstić information content (AvgIpc) is 3.09. The number of nitrogens with one attached hydrogen (secondary N) is 1. The van der Waals surface area contributed by atoms with Crippen molar-refractivity contribution in [2.24, 2.45) is 0 Å². The van der Waals surface area contributed by atoms with E-state index in [1.54, 1.807) is 23.6 Å². The highest BCUT2D eigenvalue weighted by Gasteiger charge is 2.21. The highest BCUT2D eigenvalue weighted by molar-refractivity contribution is 6.30. The number of hydrogen-bond donors (Lipinski definition) is 1. The van der Waals surface area contributed by atoms with Gasteiger partial charge in [0.1, 0.15) is 12.1 Å². The van der Waals surface area contributed by atoms with Crippen LogP contribution >= 0.6 is 11.6 Å². The number of aryl methyl sites for hydroxylation is 2. The van der Waals surface area contributed by atoms with Crippen LogP contribution in [-0.4, -0.2) is 42.5 Å². The highest BCUT2D eigenvalue weighted by Crippen LogP contribution is 2.15. The van der Waals surface area contributed by atoms with Gasteiger partial charge in [0.25, 0.3) is 11.7 Å². The third-order valence-electron chi connectivity index (χ3n) is 3.97. The van der Waals surface area contributed by atoms with Crippen LogP contribution in [0.1, 0.15) is 23.9 Å². The van der Waals surface area contributed by atoms with Crippen LogP contribution in [0.3, 0.4) is 0 Å². The molecule has 1 N–H and O–H groups in total. The number of hydrogen-bond acceptors (Lipinski definition) is 7. The number of fused-ring (bicyclic) bond motifs is 1. The van der Waals surface area contributed by atoms with Crippen LogP contribution in [0.2, 0.25) is 5.02 Å². The van der Waals surface area contributed by atoms with Crippen molar-refractivity contribution in [3.63, 3.8) is 0 Å². The highest BCUT2D eigenvalue weighted by atomic mass is 35.5. The molecule has 0 aromatic carbocycles. The molecule has 1 atom stereocenters. The number of carbonyl (C=O) groups is 2. The van der Waals surface area contributed by atoms with Gasteiger partial charge in [0, 0.05) is 23.1 Å². The Labute approximate surface area is 159 Å². The lowest BCUT2D eigenvalue weighted by Crippen LogP contribution is -2.31. The second kappa shape index (κ2) is 7.67. The van der Waals surface area contributed by atoms with Gasteiger partial charge in [0.15, 0.2) is 6.10 Å². The molecule has 3 aromatic heterocycles. The molecular weight excluding hydrogens is 372 g/mol. The van der Waals surface area contributed by atoms with Crippen LogP contribution < -0.4 is 5.32 Å². The molecule has 0 unspecified atom stereocenters. The van der Waals surface area contributed by atoms with E-state index >= 15 is 0 Å². The zero-order valence-electron chi connectivity index (χ0n) is 14.9. The normalized spacial score (nSPS) is 12.0. The molecule has 3 heterocycles. The Morgan fingerprint density at radius 2 is 2.07 bits per heavy atom. The molecule has 3 aromatic rings. The first-order valence-corrected chi connectivity index (χ1v) is 8.50. The Hall–Kier alpha value is -3.07. The van der Waals surface area contributed by atoms with Crippen molar-refractivity contribution in [3.8, 4) is 0 Å². The van der Waals surface area contributed by atoms with E-state index in [0.29, 0.717) is 27.9 Å². The van der Waals surface area contributed by atoms with Crippen molar-refractivity contribution in [1.82, 2.24) is 24.6 Å². The standard InChI is InChI=1S/C17H17ClN6O3/c1-9-13(10(2)24-17(22-9)20-8-21-24)6-15(25)27-11(3)16(26)23-14-5-4-12(18)7-19-14/h4-5,7-8,11H,6H2,1-3H3,(H,19,23,26)/t11-/m1/s1. The third-order valence-corrected chi connectivity index (χ3v) is 4.19. The van der Waals surface area contributed by atoms with Gasteiger partial charge in [-0.05, 0) is 32.9 Å². The number of anilines is 1. The van der Waals surface area contributed by atoms with Crippen molar-refractivity contribution in [3.05, 3.63) is 46.6 Å². The second-order valence-corrected chi connectivity index (χ2v) is 6.33. The fraction of sp³-hybridized carbons (Fsp3) is 0.294. The first kappa shape index (κ1) is 18.7. The number of rotatable bonds is 5. The van der Waals surface area contributed by atoms with E-state index in [1.165, 1.54) is 19.4 Å². The Morgan fingerprint density at radius 3 is 2.78 bits per heavy atom. The van der Waals surface area contributed by atoms with Crippen LogP contribution in [-0.2, 0) is 20.7 Å². The SMILES string of the molecule is Cc1nc2ncnn2c(C)c1CC(=O)O[C@H](C)C(=O)Nc1ccc(Cl)cn1. The molecule has 0 radical (unpaired) electrons. The number of esters is 1. The smallest absolute Gasteiger partial charge is 0.311 e. The van der Waals surface area contributed by atoms with Gasteiger partial charge in [0.05, 0.1) is 11.4 Å². The van der Waals surface area contributed by atoms with Gasteiger partial charge in [0.2, 0.25) is 0 Å². The van der Waals surface area contributed by atoms with Gasteiger partial charge >= 0.3 is 5.97 Å². The van der Waals surface area contributed by atoms with E-state index in [0.717, 1.165) is 5.69 Å². The predicted molar refractivity (Wildman–Crippen MR) is 97.4 cm³/mol. The number of nitrogens with zero attached hydrogens (tertiary/aromatic N) is 5. The van der Waals surface area contributed by atoms with E-state index in [2.05, 4.69) is 25.4 Å². The molecule has 9 nitrogen and oxygen atoms in total. The van der Waals surface area contributed by atoms with Crippen LogP contribution in [0.15, 0.2) is 24.7 Å². The minimum atomic E-state index is -0.987. The molecule has 27 heavy (non-hydrogen) atoms. The molecule has 0 aliphatic heterocycles. The van der Waals surface area contributed by atoms with Crippen LogP contribution in [0.5, 0.6) is 0 Å². The molecule has 0 spiro atoms. The summed E-state index contributed by atoms with van der Waals surface area (Å²) in [5.41, 5.74) is 2.09. The lowest BCUT2D eigenvalue weighted by molar-refractivity contribution is -0.152. The van der Waals surface area contributed by atoms with Crippen molar-refractivity contribution in [1.29, 1.82) is 0 Å². The monoisotopic (exact) mass is 388 g/mol. The van der Waals surface area contributed by atoms with E-state index in [1.807, 2.05) is 6.92 Å². The molecular formula is C17H17ClN6O3. The minimum absolute atomic E-state index is 0.0305. The fourth-order valence-corrected chi connectivity index (χ4v) is 2.64. The number of carbonyl (C=O) groups excluding carboxylic acids is 2. The fourth-order valence-electron chi connectivity index (χ4n) is 2.53. The number of aromatic nitrogens is 5. The van der Waals surface area contributed by atoms with Crippen LogP contribution in [0.4, 0.5) is 5.82 Å². The van der Waals surface area contributed by atoms with E-state index in [9.17, 15) is 9.59 Å². The average molecular weight is 389 g/mol. The lowest BCUT2D eigenvalue weighted by Gasteiger charge is -2.14. The molecule has 0 bridgehead atoms. The first-order valence-electron chi connectivity index (χ1n) is 8.13. The van der Waals surface area contributed by atoms with Crippen molar-refractivity contribution >= 4 is 35.1 Å². The molecule has 0 aliphatic rings. The number of halogens is 1. The minimum Gasteiger partial charge on any atom is -0.452 e. The first-order chi connectivity index (χ1) is 12.8. The molecule has 0 fully saturated rings. The summed E-state index contributed by atoms with van der Waals surface area (Å²) in [7, 11) is 0. The maximum atomic E-state index is 12.3. The topological polar surface area (TPSA) is 111 Å².